The average molecular weight is 221 g/mol. The van der Waals surface area contributed by atoms with Gasteiger partial charge in [0, 0.05) is 12.5 Å². The maximum absolute atomic E-state index is 11.5. The zero-order valence-corrected chi connectivity index (χ0v) is 9.06. The van der Waals surface area contributed by atoms with Gasteiger partial charge in [0.05, 0.1) is 13.2 Å². The molecule has 0 saturated heterocycles. The fraction of sp³-hybridized carbons (Fsp3) is 0.400. The number of aromatic nitrogens is 2. The van der Waals surface area contributed by atoms with E-state index in [9.17, 15) is 9.59 Å². The molecule has 1 heterocycles. The Kier molecular flexibility index (Phi) is 3.78. The molecule has 0 N–H and O–H groups in total. The van der Waals surface area contributed by atoms with Crippen molar-refractivity contribution in [1.29, 1.82) is 5.26 Å². The number of methoxy groups -OCH3 is 1. The fourth-order valence-electron chi connectivity index (χ4n) is 1.21. The lowest BCUT2D eigenvalue weighted by Gasteiger charge is -1.98. The van der Waals surface area contributed by atoms with Crippen LogP contribution in [0.1, 0.15) is 34.3 Å². The Morgan fingerprint density at radius 3 is 2.81 bits per heavy atom. The maximum Gasteiger partial charge on any atom is 0.358 e. The van der Waals surface area contributed by atoms with E-state index < -0.39 is 5.97 Å². The molecule has 6 nitrogen and oxygen atoms in total. The highest BCUT2D eigenvalue weighted by atomic mass is 16.5. The molecule has 0 aliphatic heterocycles. The van der Waals surface area contributed by atoms with Gasteiger partial charge in [-0.2, -0.15) is 10.4 Å². The number of esters is 1. The molecule has 0 atom stereocenters. The SMILES string of the molecule is CCC(=O)c1cc(C(=O)OC)nn1CC#N. The second kappa shape index (κ2) is 5.07. The van der Waals surface area contributed by atoms with Crippen molar-refractivity contribution in [1.82, 2.24) is 9.78 Å². The summed E-state index contributed by atoms with van der Waals surface area (Å²) < 4.78 is 5.69. The van der Waals surface area contributed by atoms with E-state index in [-0.39, 0.29) is 30.1 Å². The number of nitrogens with zero attached hydrogens (tertiary/aromatic N) is 3. The predicted octanol–water partition coefficient (Wildman–Crippen LogP) is 0.786. The van der Waals surface area contributed by atoms with E-state index in [0.29, 0.717) is 0 Å². The Morgan fingerprint density at radius 2 is 2.31 bits per heavy atom. The molecule has 0 aromatic carbocycles. The second-order valence-corrected chi connectivity index (χ2v) is 3.00. The van der Waals surface area contributed by atoms with Gasteiger partial charge >= 0.3 is 5.97 Å². The summed E-state index contributed by atoms with van der Waals surface area (Å²) in [7, 11) is 1.23. The summed E-state index contributed by atoms with van der Waals surface area (Å²) in [6.07, 6.45) is 0.289. The van der Waals surface area contributed by atoms with E-state index in [1.807, 2.05) is 6.07 Å². The van der Waals surface area contributed by atoms with Crippen LogP contribution in [0.4, 0.5) is 0 Å². The summed E-state index contributed by atoms with van der Waals surface area (Å²) in [5, 5.41) is 12.4. The number of nitriles is 1. The zero-order valence-electron chi connectivity index (χ0n) is 9.06. The third-order valence-electron chi connectivity index (χ3n) is 2.00. The summed E-state index contributed by atoms with van der Waals surface area (Å²) in [5.41, 5.74) is 0.291. The van der Waals surface area contributed by atoms with E-state index in [2.05, 4.69) is 9.84 Å². The van der Waals surface area contributed by atoms with Gasteiger partial charge in [0.1, 0.15) is 12.2 Å². The summed E-state index contributed by atoms with van der Waals surface area (Å²) in [4.78, 5) is 22.7. The van der Waals surface area contributed by atoms with Gasteiger partial charge in [0.2, 0.25) is 0 Å². The molecule has 6 heteroatoms. The molecule has 16 heavy (non-hydrogen) atoms. The molecule has 0 amide bonds. The van der Waals surface area contributed by atoms with Crippen molar-refractivity contribution >= 4 is 11.8 Å². The maximum atomic E-state index is 11.5. The van der Waals surface area contributed by atoms with Gasteiger partial charge in [-0.1, -0.05) is 6.92 Å². The number of Topliss-reactive ketones (excluding diaryl/α,β-unsaturated/α-hetero) is 1. The van der Waals surface area contributed by atoms with Gasteiger partial charge in [-0.15, -0.1) is 0 Å². The lowest BCUT2D eigenvalue weighted by atomic mass is 10.2. The lowest BCUT2D eigenvalue weighted by Crippen LogP contribution is -2.09. The molecule has 1 aromatic rings. The van der Waals surface area contributed by atoms with Crippen molar-refractivity contribution in [3.05, 3.63) is 17.5 Å². The Hall–Kier alpha value is -2.16. The van der Waals surface area contributed by atoms with Gasteiger partial charge < -0.3 is 4.74 Å². The molecule has 84 valence electrons. The summed E-state index contributed by atoms with van der Waals surface area (Å²) >= 11 is 0. The monoisotopic (exact) mass is 221 g/mol. The van der Waals surface area contributed by atoms with Crippen LogP contribution < -0.4 is 0 Å². The van der Waals surface area contributed by atoms with E-state index in [1.165, 1.54) is 17.9 Å². The minimum atomic E-state index is -0.623. The number of rotatable bonds is 4. The number of carbonyl (C=O) groups is 2. The number of carbonyl (C=O) groups excluding carboxylic acids is 2. The molecule has 0 spiro atoms. The first-order valence-electron chi connectivity index (χ1n) is 4.70. The van der Waals surface area contributed by atoms with Crippen LogP contribution >= 0.6 is 0 Å². The van der Waals surface area contributed by atoms with Crippen molar-refractivity contribution < 1.29 is 14.3 Å². The number of ketones is 1. The van der Waals surface area contributed by atoms with Gasteiger partial charge in [0.15, 0.2) is 11.5 Å². The highest BCUT2D eigenvalue weighted by Gasteiger charge is 2.18. The molecule has 1 aromatic heterocycles. The zero-order chi connectivity index (χ0) is 12.1. The average Bonchev–Trinajstić information content (AvgIpc) is 2.71. The molecule has 0 unspecified atom stereocenters. The topological polar surface area (TPSA) is 85.0 Å². The highest BCUT2D eigenvalue weighted by molar-refractivity contribution is 5.97. The van der Waals surface area contributed by atoms with Gasteiger partial charge in [-0.05, 0) is 0 Å². The van der Waals surface area contributed by atoms with Crippen molar-refractivity contribution in [3.8, 4) is 6.07 Å². The van der Waals surface area contributed by atoms with E-state index in [1.54, 1.807) is 6.92 Å². The summed E-state index contributed by atoms with van der Waals surface area (Å²) in [6.45, 7) is 1.63. The molecule has 0 fully saturated rings. The van der Waals surface area contributed by atoms with Crippen molar-refractivity contribution in [2.75, 3.05) is 7.11 Å². The summed E-state index contributed by atoms with van der Waals surface area (Å²) in [6, 6.07) is 3.21. The Labute approximate surface area is 92.4 Å². The minimum absolute atomic E-state index is 0.0366. The molecule has 0 aliphatic carbocycles. The number of ether oxygens (including phenoxy) is 1. The molecule has 0 aliphatic rings. The molecule has 0 radical (unpaired) electrons. The second-order valence-electron chi connectivity index (χ2n) is 3.00. The first-order valence-corrected chi connectivity index (χ1v) is 4.70. The van der Waals surface area contributed by atoms with Crippen LogP contribution in [-0.2, 0) is 11.3 Å². The van der Waals surface area contributed by atoms with E-state index in [0.717, 1.165) is 0 Å². The molecule has 0 saturated carbocycles. The minimum Gasteiger partial charge on any atom is -0.464 e. The molecule has 1 rings (SSSR count). The quantitative estimate of drug-likeness (QED) is 0.554. The third kappa shape index (κ3) is 2.25. The summed E-state index contributed by atoms with van der Waals surface area (Å²) in [5.74, 6) is -0.792. The van der Waals surface area contributed by atoms with Crippen LogP contribution in [0.25, 0.3) is 0 Å². The van der Waals surface area contributed by atoms with Crippen LogP contribution in [0, 0.1) is 11.3 Å². The molecular weight excluding hydrogens is 210 g/mol. The Morgan fingerprint density at radius 1 is 1.62 bits per heavy atom. The highest BCUT2D eigenvalue weighted by Crippen LogP contribution is 2.08. The Bertz CT molecular complexity index is 456. The van der Waals surface area contributed by atoms with E-state index >= 15 is 0 Å². The standard InChI is InChI=1S/C10H11N3O3/c1-3-9(14)8-6-7(10(15)16-2)12-13(8)5-4-11/h6H,3,5H2,1-2H3. The fourth-order valence-corrected chi connectivity index (χ4v) is 1.21. The van der Waals surface area contributed by atoms with Crippen LogP contribution in [0.5, 0.6) is 0 Å². The van der Waals surface area contributed by atoms with Crippen LogP contribution in [-0.4, -0.2) is 28.6 Å². The van der Waals surface area contributed by atoms with Gasteiger partial charge in [-0.3, -0.25) is 4.79 Å². The Balaban J connectivity index is 3.15. The normalized spacial score (nSPS) is 9.56. The smallest absolute Gasteiger partial charge is 0.358 e. The lowest BCUT2D eigenvalue weighted by molar-refractivity contribution is 0.0593. The van der Waals surface area contributed by atoms with Crippen molar-refractivity contribution in [3.63, 3.8) is 0 Å². The van der Waals surface area contributed by atoms with Gasteiger partial charge in [0.25, 0.3) is 0 Å². The number of hydrogen-bond donors (Lipinski definition) is 0. The largest absolute Gasteiger partial charge is 0.464 e. The van der Waals surface area contributed by atoms with Crippen LogP contribution in [0.2, 0.25) is 0 Å². The molecular formula is C10H11N3O3. The molecule has 0 bridgehead atoms. The van der Waals surface area contributed by atoms with E-state index in [4.69, 9.17) is 5.26 Å². The van der Waals surface area contributed by atoms with Crippen LogP contribution in [0.15, 0.2) is 6.07 Å². The third-order valence-corrected chi connectivity index (χ3v) is 2.00. The first-order chi connectivity index (χ1) is 7.63. The predicted molar refractivity (Wildman–Crippen MR) is 53.8 cm³/mol. The van der Waals surface area contributed by atoms with Crippen molar-refractivity contribution in [2.24, 2.45) is 0 Å². The van der Waals surface area contributed by atoms with Crippen molar-refractivity contribution in [2.45, 2.75) is 19.9 Å². The van der Waals surface area contributed by atoms with Crippen LogP contribution in [0.3, 0.4) is 0 Å². The van der Waals surface area contributed by atoms with Gasteiger partial charge in [-0.25, -0.2) is 9.48 Å². The number of hydrogen-bond acceptors (Lipinski definition) is 5. The first kappa shape index (κ1) is 11.9.